The van der Waals surface area contributed by atoms with E-state index in [2.05, 4.69) is 108 Å². The van der Waals surface area contributed by atoms with Gasteiger partial charge in [0, 0.05) is 44.8 Å². The van der Waals surface area contributed by atoms with Crippen molar-refractivity contribution in [1.29, 1.82) is 0 Å². The molecule has 3 heterocycles. The number of nitrogens with zero attached hydrogens (tertiary/aromatic N) is 3. The average molecular weight is 592 g/mol. The number of hydrogen-bond acceptors (Lipinski definition) is 3. The van der Waals surface area contributed by atoms with Gasteiger partial charge in [-0.15, -0.1) is 0 Å². The highest BCUT2D eigenvalue weighted by Gasteiger charge is 2.31. The highest BCUT2D eigenvalue weighted by molar-refractivity contribution is 5.95. The van der Waals surface area contributed by atoms with Crippen LogP contribution < -0.4 is 4.74 Å². The van der Waals surface area contributed by atoms with Crippen LogP contribution >= 0.6 is 0 Å². The number of ether oxygens (including phenoxy) is 1. The summed E-state index contributed by atoms with van der Waals surface area (Å²) < 4.78 is 9.00. The lowest BCUT2D eigenvalue weighted by molar-refractivity contribution is 0.487. The van der Waals surface area contributed by atoms with Crippen molar-refractivity contribution in [3.8, 4) is 73.5 Å². The zero-order chi connectivity index (χ0) is 30.5. The van der Waals surface area contributed by atoms with Crippen LogP contribution in [0.25, 0.3) is 68.1 Å². The first-order chi connectivity index (χ1) is 22.8. The topological polar surface area (TPSA) is 39.9 Å². The second-order valence-electron chi connectivity index (χ2n) is 11.7. The molecule has 218 valence electrons. The summed E-state index contributed by atoms with van der Waals surface area (Å²) in [4.78, 5) is 10.1. The van der Waals surface area contributed by atoms with Gasteiger partial charge in [-0.05, 0) is 60.9 Å². The Morgan fingerprint density at radius 3 is 1.98 bits per heavy atom. The molecule has 0 fully saturated rings. The quantitative estimate of drug-likeness (QED) is 0.204. The molecule has 2 aliphatic rings. The fraction of sp³-hybridized carbons (Fsp3) is 0.0476. The maximum absolute atomic E-state index is 6.58. The Hall–Kier alpha value is -6.00. The Balaban J connectivity index is 1.28. The molecule has 0 radical (unpaired) electrons. The molecule has 0 spiro atoms. The molecule has 1 aliphatic heterocycles. The summed E-state index contributed by atoms with van der Waals surface area (Å²) in [6, 6.07) is 48.2. The predicted molar refractivity (Wildman–Crippen MR) is 186 cm³/mol. The summed E-state index contributed by atoms with van der Waals surface area (Å²) in [6.07, 6.45) is 6.57. The minimum atomic E-state index is 0.709. The molecule has 1 aliphatic carbocycles. The molecule has 9 rings (SSSR count). The Labute approximate surface area is 268 Å². The minimum Gasteiger partial charge on any atom is -0.456 e. The van der Waals surface area contributed by atoms with E-state index in [1.165, 1.54) is 16.8 Å². The number of allylic oxidation sites excluding steroid dienone is 1. The summed E-state index contributed by atoms with van der Waals surface area (Å²) in [6.45, 7) is 0. The lowest BCUT2D eigenvalue weighted by Gasteiger charge is -2.17. The molecule has 4 nitrogen and oxygen atoms in total. The molecule has 7 aromatic rings. The lowest BCUT2D eigenvalue weighted by Crippen LogP contribution is -2.03. The summed E-state index contributed by atoms with van der Waals surface area (Å²) in [5, 5.41) is 0. The van der Waals surface area contributed by atoms with Crippen molar-refractivity contribution in [3.05, 3.63) is 157 Å². The number of benzene rings is 5. The molecule has 0 bridgehead atoms. The van der Waals surface area contributed by atoms with E-state index in [0.29, 0.717) is 5.82 Å². The maximum atomic E-state index is 6.58. The number of para-hydroxylation sites is 2. The van der Waals surface area contributed by atoms with Gasteiger partial charge in [0.15, 0.2) is 5.82 Å². The molecule has 46 heavy (non-hydrogen) atoms. The smallest absolute Gasteiger partial charge is 0.160 e. The van der Waals surface area contributed by atoms with Crippen molar-refractivity contribution in [2.75, 3.05) is 0 Å². The minimum absolute atomic E-state index is 0.709. The zero-order valence-electron chi connectivity index (χ0n) is 25.1. The molecule has 0 atom stereocenters. The van der Waals surface area contributed by atoms with E-state index in [1.807, 2.05) is 48.5 Å². The Kier molecular flexibility index (Phi) is 6.24. The van der Waals surface area contributed by atoms with Crippen molar-refractivity contribution >= 4 is 6.08 Å². The summed E-state index contributed by atoms with van der Waals surface area (Å²) >= 11 is 0. The van der Waals surface area contributed by atoms with Gasteiger partial charge < -0.3 is 9.30 Å². The molecule has 0 saturated heterocycles. The van der Waals surface area contributed by atoms with Gasteiger partial charge in [0.2, 0.25) is 0 Å². The summed E-state index contributed by atoms with van der Waals surface area (Å²) in [5.41, 5.74) is 13.1. The van der Waals surface area contributed by atoms with Crippen molar-refractivity contribution in [2.45, 2.75) is 12.8 Å². The third-order valence-corrected chi connectivity index (χ3v) is 8.90. The molecule has 5 aromatic carbocycles. The first-order valence-corrected chi connectivity index (χ1v) is 15.7. The zero-order valence-corrected chi connectivity index (χ0v) is 25.1. The van der Waals surface area contributed by atoms with E-state index in [9.17, 15) is 0 Å². The van der Waals surface area contributed by atoms with Gasteiger partial charge in [-0.25, -0.2) is 9.97 Å². The van der Waals surface area contributed by atoms with Crippen LogP contribution in [0.15, 0.2) is 146 Å². The van der Waals surface area contributed by atoms with Crippen molar-refractivity contribution in [1.82, 2.24) is 14.5 Å². The Morgan fingerprint density at radius 1 is 0.565 bits per heavy atom. The predicted octanol–water partition coefficient (Wildman–Crippen LogP) is 10.7. The fourth-order valence-corrected chi connectivity index (χ4v) is 6.81. The molecule has 0 N–H and O–H groups in total. The SMILES string of the molecule is C1=Cc2c(c3c(n2-c2cccc(-c4cc(-c5ccccc5)nc(-c5ccccc5)n4)c2)-c2ccccc2Oc2ccccc2-3)CC1. The van der Waals surface area contributed by atoms with Crippen LogP contribution in [-0.2, 0) is 6.42 Å². The van der Waals surface area contributed by atoms with Crippen molar-refractivity contribution < 1.29 is 4.74 Å². The van der Waals surface area contributed by atoms with Crippen LogP contribution in [0.3, 0.4) is 0 Å². The van der Waals surface area contributed by atoms with E-state index in [4.69, 9.17) is 14.7 Å². The largest absolute Gasteiger partial charge is 0.456 e. The fourth-order valence-electron chi connectivity index (χ4n) is 6.81. The normalized spacial score (nSPS) is 12.7. The van der Waals surface area contributed by atoms with E-state index in [0.717, 1.165) is 74.9 Å². The van der Waals surface area contributed by atoms with Gasteiger partial charge in [-0.1, -0.05) is 109 Å². The summed E-state index contributed by atoms with van der Waals surface area (Å²) in [7, 11) is 0. The van der Waals surface area contributed by atoms with Gasteiger partial charge in [0.25, 0.3) is 0 Å². The maximum Gasteiger partial charge on any atom is 0.160 e. The van der Waals surface area contributed by atoms with Gasteiger partial charge in [-0.2, -0.15) is 0 Å². The molecule has 4 heteroatoms. The van der Waals surface area contributed by atoms with Crippen LogP contribution in [0, 0.1) is 0 Å². The van der Waals surface area contributed by atoms with Crippen LogP contribution in [0.5, 0.6) is 11.5 Å². The highest BCUT2D eigenvalue weighted by atomic mass is 16.5. The van der Waals surface area contributed by atoms with Gasteiger partial charge in [0.1, 0.15) is 11.5 Å². The van der Waals surface area contributed by atoms with Gasteiger partial charge in [-0.3, -0.25) is 0 Å². The number of fused-ring (bicyclic) bond motifs is 7. The number of rotatable bonds is 4. The van der Waals surface area contributed by atoms with Crippen molar-refractivity contribution in [3.63, 3.8) is 0 Å². The lowest BCUT2D eigenvalue weighted by atomic mass is 9.93. The standard InChI is InChI=1S/C42H29N3O/c1-3-14-28(15-4-1)35-27-36(44-42(43-35)29-16-5-2-6-17-29)30-18-13-19-31(26-30)45-37-23-10-7-20-32(37)40-33-21-8-11-24-38(33)46-39-25-12-9-22-34(39)41(40)45/h1-6,8-19,21-27H,7,20H2. The molecular weight excluding hydrogens is 562 g/mol. The molecular formula is C42H29N3O. The van der Waals surface area contributed by atoms with Gasteiger partial charge in [0.05, 0.1) is 17.1 Å². The molecule has 0 saturated carbocycles. The van der Waals surface area contributed by atoms with E-state index in [-0.39, 0.29) is 0 Å². The monoisotopic (exact) mass is 591 g/mol. The van der Waals surface area contributed by atoms with Crippen LogP contribution in [0.2, 0.25) is 0 Å². The third-order valence-electron chi connectivity index (χ3n) is 8.90. The highest BCUT2D eigenvalue weighted by Crippen LogP contribution is 2.52. The second kappa shape index (κ2) is 10.9. The molecule has 0 unspecified atom stereocenters. The second-order valence-corrected chi connectivity index (χ2v) is 11.7. The van der Waals surface area contributed by atoms with Crippen molar-refractivity contribution in [2.24, 2.45) is 0 Å². The Morgan fingerprint density at radius 2 is 1.20 bits per heavy atom. The van der Waals surface area contributed by atoms with Crippen LogP contribution in [0.4, 0.5) is 0 Å². The first kappa shape index (κ1) is 26.4. The number of aromatic nitrogens is 3. The van der Waals surface area contributed by atoms with E-state index in [1.54, 1.807) is 0 Å². The van der Waals surface area contributed by atoms with Crippen LogP contribution in [0.1, 0.15) is 17.7 Å². The van der Waals surface area contributed by atoms with Gasteiger partial charge >= 0.3 is 0 Å². The average Bonchev–Trinajstić information content (AvgIpc) is 3.40. The summed E-state index contributed by atoms with van der Waals surface area (Å²) in [5.74, 6) is 2.46. The first-order valence-electron chi connectivity index (χ1n) is 15.7. The number of hydrogen-bond donors (Lipinski definition) is 0. The molecule has 2 aromatic heterocycles. The third kappa shape index (κ3) is 4.38. The Bertz CT molecular complexity index is 2230. The van der Waals surface area contributed by atoms with E-state index < -0.39 is 0 Å². The van der Waals surface area contributed by atoms with Crippen LogP contribution in [-0.4, -0.2) is 14.5 Å². The molecule has 0 amide bonds. The van der Waals surface area contributed by atoms with E-state index >= 15 is 0 Å².